The maximum Gasteiger partial charge on any atom is 0.223 e. The van der Waals surface area contributed by atoms with Crippen molar-refractivity contribution < 1.29 is 0 Å². The fraction of sp³-hybridized carbons (Fsp3) is 0.273. The number of nitrogens with two attached hydrogens (primary N) is 1. The molecule has 0 amide bonds. The first kappa shape index (κ1) is 9.07. The molecule has 15 heavy (non-hydrogen) atoms. The van der Waals surface area contributed by atoms with Gasteiger partial charge in [-0.3, -0.25) is 0 Å². The average molecular weight is 220 g/mol. The van der Waals surface area contributed by atoms with E-state index < -0.39 is 0 Å². The van der Waals surface area contributed by atoms with E-state index in [1.54, 1.807) is 0 Å². The Hall–Kier alpha value is -1.19. The maximum absolute atomic E-state index is 6.15. The first-order valence-corrected chi connectivity index (χ1v) is 5.28. The lowest BCUT2D eigenvalue weighted by Gasteiger charge is -2.11. The van der Waals surface area contributed by atoms with Crippen LogP contribution in [0, 0.1) is 0 Å². The zero-order valence-corrected chi connectivity index (χ0v) is 8.83. The molecule has 0 atom stereocenters. The van der Waals surface area contributed by atoms with Gasteiger partial charge in [-0.15, -0.1) is 0 Å². The molecule has 0 unspecified atom stereocenters. The van der Waals surface area contributed by atoms with Gasteiger partial charge in [-0.1, -0.05) is 18.2 Å². The van der Waals surface area contributed by atoms with Crippen LogP contribution in [-0.4, -0.2) is 9.97 Å². The van der Waals surface area contributed by atoms with E-state index in [0.717, 1.165) is 29.4 Å². The standard InChI is InChI=1S/C11H10ClN3/c12-10-14-8-4-2-1-3-7(8)9(15-10)11(13)5-6-11/h1-4H,5-6,13H2. The van der Waals surface area contributed by atoms with Crippen LogP contribution in [0.2, 0.25) is 5.28 Å². The second kappa shape index (κ2) is 2.90. The molecule has 0 saturated heterocycles. The average Bonchev–Trinajstić information content (AvgIpc) is 2.96. The summed E-state index contributed by atoms with van der Waals surface area (Å²) in [6.07, 6.45) is 1.95. The normalized spacial score (nSPS) is 18.0. The highest BCUT2D eigenvalue weighted by Crippen LogP contribution is 2.44. The highest BCUT2D eigenvalue weighted by atomic mass is 35.5. The van der Waals surface area contributed by atoms with Crippen LogP contribution in [0.1, 0.15) is 18.5 Å². The van der Waals surface area contributed by atoms with E-state index in [-0.39, 0.29) is 10.8 Å². The van der Waals surface area contributed by atoms with E-state index >= 15 is 0 Å². The van der Waals surface area contributed by atoms with Gasteiger partial charge >= 0.3 is 0 Å². The minimum atomic E-state index is -0.272. The van der Waals surface area contributed by atoms with Crippen LogP contribution in [0.5, 0.6) is 0 Å². The Kier molecular flexibility index (Phi) is 1.75. The van der Waals surface area contributed by atoms with Crippen LogP contribution in [0.4, 0.5) is 0 Å². The molecule has 1 aromatic carbocycles. The third-order valence-corrected chi connectivity index (χ3v) is 3.01. The lowest BCUT2D eigenvalue weighted by molar-refractivity contribution is 0.714. The van der Waals surface area contributed by atoms with E-state index in [1.807, 2.05) is 24.3 Å². The highest BCUT2D eigenvalue weighted by molar-refractivity contribution is 6.28. The van der Waals surface area contributed by atoms with Crippen LogP contribution in [0.15, 0.2) is 24.3 Å². The lowest BCUT2D eigenvalue weighted by atomic mass is 10.1. The third-order valence-electron chi connectivity index (χ3n) is 2.84. The molecule has 4 heteroatoms. The van der Waals surface area contributed by atoms with Crippen molar-refractivity contribution in [3.05, 3.63) is 35.2 Å². The molecule has 1 aromatic heterocycles. The molecule has 3 nitrogen and oxygen atoms in total. The predicted octanol–water partition coefficient (Wildman–Crippen LogP) is 2.23. The summed E-state index contributed by atoms with van der Waals surface area (Å²) in [7, 11) is 0. The van der Waals surface area contributed by atoms with Gasteiger partial charge in [0.25, 0.3) is 0 Å². The monoisotopic (exact) mass is 219 g/mol. The van der Waals surface area contributed by atoms with Crippen molar-refractivity contribution in [1.29, 1.82) is 0 Å². The Morgan fingerprint density at radius 2 is 1.93 bits per heavy atom. The first-order chi connectivity index (χ1) is 7.19. The van der Waals surface area contributed by atoms with E-state index in [0.29, 0.717) is 0 Å². The molecule has 0 bridgehead atoms. The van der Waals surface area contributed by atoms with Gasteiger partial charge in [0.1, 0.15) is 0 Å². The number of fused-ring (bicyclic) bond motifs is 1. The van der Waals surface area contributed by atoms with Gasteiger partial charge in [0.2, 0.25) is 5.28 Å². The second-order valence-electron chi connectivity index (χ2n) is 4.01. The smallest absolute Gasteiger partial charge is 0.223 e. The maximum atomic E-state index is 6.15. The summed E-state index contributed by atoms with van der Waals surface area (Å²) in [6, 6.07) is 7.83. The van der Waals surface area contributed by atoms with Gasteiger partial charge in [0, 0.05) is 5.39 Å². The summed E-state index contributed by atoms with van der Waals surface area (Å²) >= 11 is 5.88. The van der Waals surface area contributed by atoms with Crippen molar-refractivity contribution in [3.8, 4) is 0 Å². The van der Waals surface area contributed by atoms with Crippen LogP contribution in [0.3, 0.4) is 0 Å². The van der Waals surface area contributed by atoms with Gasteiger partial charge in [-0.25, -0.2) is 9.97 Å². The Bertz CT molecular complexity index is 534. The molecule has 1 fully saturated rings. The zero-order valence-electron chi connectivity index (χ0n) is 8.07. The molecule has 1 saturated carbocycles. The largest absolute Gasteiger partial charge is 0.320 e. The molecule has 1 aliphatic rings. The summed E-state index contributed by atoms with van der Waals surface area (Å²) in [5, 5.41) is 1.29. The molecular formula is C11H10ClN3. The van der Waals surface area contributed by atoms with E-state index in [1.165, 1.54) is 0 Å². The van der Waals surface area contributed by atoms with Gasteiger partial charge in [-0.2, -0.15) is 0 Å². The predicted molar refractivity (Wildman–Crippen MR) is 59.6 cm³/mol. The Morgan fingerprint density at radius 3 is 2.67 bits per heavy atom. The molecule has 0 spiro atoms. The number of rotatable bonds is 1. The molecule has 76 valence electrons. The van der Waals surface area contributed by atoms with Crippen LogP contribution >= 0.6 is 11.6 Å². The summed E-state index contributed by atoms with van der Waals surface area (Å²) < 4.78 is 0. The third kappa shape index (κ3) is 1.39. The number of aromatic nitrogens is 2. The van der Waals surface area contributed by atoms with Gasteiger partial charge in [0.15, 0.2) is 0 Å². The summed E-state index contributed by atoms with van der Waals surface area (Å²) in [5.41, 5.74) is 7.63. The van der Waals surface area contributed by atoms with Gasteiger partial charge < -0.3 is 5.73 Å². The number of halogens is 1. The molecule has 3 rings (SSSR count). The first-order valence-electron chi connectivity index (χ1n) is 4.91. The molecule has 2 aromatic rings. The number of para-hydroxylation sites is 1. The number of hydrogen-bond acceptors (Lipinski definition) is 3. The fourth-order valence-corrected chi connectivity index (χ4v) is 1.97. The van der Waals surface area contributed by atoms with Crippen molar-refractivity contribution >= 4 is 22.5 Å². The number of nitrogens with zero attached hydrogens (tertiary/aromatic N) is 2. The molecule has 0 radical (unpaired) electrons. The zero-order chi connectivity index (χ0) is 10.5. The van der Waals surface area contributed by atoms with Gasteiger partial charge in [0.05, 0.1) is 16.7 Å². The van der Waals surface area contributed by atoms with Crippen molar-refractivity contribution in [2.24, 2.45) is 5.73 Å². The molecule has 1 heterocycles. The Morgan fingerprint density at radius 1 is 1.20 bits per heavy atom. The summed E-state index contributed by atoms with van der Waals surface area (Å²) in [4.78, 5) is 8.44. The molecule has 2 N–H and O–H groups in total. The quantitative estimate of drug-likeness (QED) is 0.749. The molecule has 1 aliphatic carbocycles. The van der Waals surface area contributed by atoms with E-state index in [2.05, 4.69) is 9.97 Å². The summed E-state index contributed by atoms with van der Waals surface area (Å²) in [6.45, 7) is 0. The van der Waals surface area contributed by atoms with Crippen molar-refractivity contribution in [1.82, 2.24) is 9.97 Å². The second-order valence-corrected chi connectivity index (χ2v) is 4.35. The lowest BCUT2D eigenvalue weighted by Crippen LogP contribution is -2.21. The van der Waals surface area contributed by atoms with E-state index in [4.69, 9.17) is 17.3 Å². The van der Waals surface area contributed by atoms with Crippen molar-refractivity contribution in [3.63, 3.8) is 0 Å². The minimum absolute atomic E-state index is 0.272. The Labute approximate surface area is 92.3 Å². The molecular weight excluding hydrogens is 210 g/mol. The fourth-order valence-electron chi connectivity index (χ4n) is 1.80. The minimum Gasteiger partial charge on any atom is -0.320 e. The highest BCUT2D eigenvalue weighted by Gasteiger charge is 2.43. The van der Waals surface area contributed by atoms with E-state index in [9.17, 15) is 0 Å². The SMILES string of the molecule is NC1(c2nc(Cl)nc3ccccc23)CC1. The van der Waals surface area contributed by atoms with Crippen molar-refractivity contribution in [2.75, 3.05) is 0 Å². The summed E-state index contributed by atoms with van der Waals surface area (Å²) in [5.74, 6) is 0. The molecule has 0 aliphatic heterocycles. The topological polar surface area (TPSA) is 51.8 Å². The van der Waals surface area contributed by atoms with Crippen LogP contribution in [0.25, 0.3) is 10.9 Å². The number of hydrogen-bond donors (Lipinski definition) is 1. The van der Waals surface area contributed by atoms with Crippen molar-refractivity contribution in [2.45, 2.75) is 18.4 Å². The Balaban J connectivity index is 2.36. The van der Waals surface area contributed by atoms with Gasteiger partial charge in [-0.05, 0) is 30.5 Å². The van der Waals surface area contributed by atoms with Crippen LogP contribution < -0.4 is 5.73 Å². The van der Waals surface area contributed by atoms with Crippen LogP contribution in [-0.2, 0) is 5.54 Å². The number of benzene rings is 1.